The average molecular weight is 657 g/mol. The highest BCUT2D eigenvalue weighted by Gasteiger charge is 2.30. The SMILES string of the molecule is CCOc1ccc(OCC(=O)OC)cc1CC(=O)N[C@H](C(=O)NC(CC(=O)O)C(=O)CSCC1=C(F)CCC=C1Cl)C(C)C. The van der Waals surface area contributed by atoms with Crippen LogP contribution in [-0.4, -0.2) is 78.6 Å². The molecule has 2 atom stereocenters. The number of allylic oxidation sites excluding steroid dienone is 3. The molecule has 2 rings (SSSR count). The second kappa shape index (κ2) is 18.3. The zero-order valence-electron chi connectivity index (χ0n) is 25.1. The number of methoxy groups -OCH3 is 1. The van der Waals surface area contributed by atoms with E-state index in [1.807, 2.05) is 0 Å². The Bertz CT molecular complexity index is 1280. The van der Waals surface area contributed by atoms with E-state index >= 15 is 0 Å². The van der Waals surface area contributed by atoms with Crippen molar-refractivity contribution in [3.8, 4) is 11.5 Å². The molecule has 3 N–H and O–H groups in total. The maximum Gasteiger partial charge on any atom is 0.343 e. The van der Waals surface area contributed by atoms with Gasteiger partial charge < -0.3 is 30.0 Å². The summed E-state index contributed by atoms with van der Waals surface area (Å²) in [5, 5.41) is 14.8. The van der Waals surface area contributed by atoms with Gasteiger partial charge in [-0.25, -0.2) is 9.18 Å². The number of ether oxygens (including phenoxy) is 3. The van der Waals surface area contributed by atoms with E-state index in [2.05, 4.69) is 15.4 Å². The van der Waals surface area contributed by atoms with E-state index in [9.17, 15) is 33.5 Å². The molecule has 0 saturated heterocycles. The van der Waals surface area contributed by atoms with Gasteiger partial charge in [-0.2, -0.15) is 0 Å². The van der Waals surface area contributed by atoms with E-state index in [0.29, 0.717) is 35.7 Å². The molecule has 0 saturated carbocycles. The van der Waals surface area contributed by atoms with Gasteiger partial charge in [0.2, 0.25) is 11.8 Å². The van der Waals surface area contributed by atoms with Crippen molar-refractivity contribution in [3.05, 3.63) is 46.3 Å². The number of halogens is 2. The van der Waals surface area contributed by atoms with Crippen LogP contribution in [0.4, 0.5) is 4.39 Å². The number of carbonyl (C=O) groups is 5. The number of Topliss-reactive ketones (excluding diaryl/α,β-unsaturated/α-hetero) is 1. The molecular formula is C30H38ClFN2O9S. The highest BCUT2D eigenvalue weighted by Crippen LogP contribution is 2.31. The lowest BCUT2D eigenvalue weighted by Gasteiger charge is -2.25. The first-order valence-corrected chi connectivity index (χ1v) is 15.5. The molecule has 1 aliphatic carbocycles. The fraction of sp³-hybridized carbons (Fsp3) is 0.500. The molecule has 0 radical (unpaired) electrons. The summed E-state index contributed by atoms with van der Waals surface area (Å²) in [6.45, 7) is 5.13. The maximum absolute atomic E-state index is 14.1. The van der Waals surface area contributed by atoms with Crippen LogP contribution < -0.4 is 20.1 Å². The van der Waals surface area contributed by atoms with E-state index in [-0.39, 0.29) is 41.8 Å². The molecule has 44 heavy (non-hydrogen) atoms. The summed E-state index contributed by atoms with van der Waals surface area (Å²) in [4.78, 5) is 62.2. The van der Waals surface area contributed by atoms with Gasteiger partial charge >= 0.3 is 11.9 Å². The van der Waals surface area contributed by atoms with E-state index in [0.717, 1.165) is 11.8 Å². The van der Waals surface area contributed by atoms with E-state index in [4.69, 9.17) is 21.1 Å². The number of nitrogens with one attached hydrogen (secondary N) is 2. The average Bonchev–Trinajstić information content (AvgIpc) is 2.96. The number of hydrogen-bond acceptors (Lipinski definition) is 9. The van der Waals surface area contributed by atoms with E-state index in [1.54, 1.807) is 39.0 Å². The fourth-order valence-corrected chi connectivity index (χ4v) is 5.50. The molecule has 1 aromatic carbocycles. The molecule has 1 aromatic rings. The van der Waals surface area contributed by atoms with Crippen molar-refractivity contribution < 1.29 is 47.7 Å². The molecule has 11 nitrogen and oxygen atoms in total. The van der Waals surface area contributed by atoms with Gasteiger partial charge in [-0.1, -0.05) is 31.5 Å². The predicted molar refractivity (Wildman–Crippen MR) is 163 cm³/mol. The Labute approximate surface area is 264 Å². The van der Waals surface area contributed by atoms with Crippen LogP contribution in [0, 0.1) is 5.92 Å². The second-order valence-electron chi connectivity index (χ2n) is 10.1. The summed E-state index contributed by atoms with van der Waals surface area (Å²) in [7, 11) is 1.23. The number of hydrogen-bond donors (Lipinski definition) is 3. The first kappa shape index (κ1) is 36.6. The second-order valence-corrected chi connectivity index (χ2v) is 11.5. The lowest BCUT2D eigenvalue weighted by Crippen LogP contribution is -2.54. The molecule has 0 spiro atoms. The topological polar surface area (TPSA) is 157 Å². The molecule has 1 aliphatic rings. The van der Waals surface area contributed by atoms with Crippen LogP contribution in [0.15, 0.2) is 40.7 Å². The largest absolute Gasteiger partial charge is 0.494 e. The Morgan fingerprint density at radius 3 is 2.48 bits per heavy atom. The standard InChI is InChI=1S/C30H38ClFN2O9S/c1-5-42-25-10-9-19(43-14-28(39)41-4)11-18(25)12-26(36)34-29(17(2)3)30(40)33-23(13-27(37)38)24(35)16-44-15-20-21(31)7-6-8-22(20)32/h7,9-11,17,23,29H,5-6,8,12-16H2,1-4H3,(H,33,40)(H,34,36)(H,37,38)/t23?,29-/m0/s1. The minimum absolute atomic E-state index is 0.115. The zero-order valence-corrected chi connectivity index (χ0v) is 26.6. The first-order valence-electron chi connectivity index (χ1n) is 14.0. The van der Waals surface area contributed by atoms with Crippen molar-refractivity contribution in [1.29, 1.82) is 0 Å². The number of carboxylic acid groups (broad SMARTS) is 1. The van der Waals surface area contributed by atoms with Crippen molar-refractivity contribution >= 4 is 52.9 Å². The Hall–Kier alpha value is -3.58. The van der Waals surface area contributed by atoms with Crippen molar-refractivity contribution in [1.82, 2.24) is 10.6 Å². The number of carbonyl (C=O) groups excluding carboxylic acids is 4. The Kier molecular flexibility index (Phi) is 15.2. The van der Waals surface area contributed by atoms with Gasteiger partial charge in [0, 0.05) is 28.3 Å². The Morgan fingerprint density at radius 1 is 1.14 bits per heavy atom. The lowest BCUT2D eigenvalue weighted by atomic mass is 10.0. The fourth-order valence-electron chi connectivity index (χ4n) is 4.13. The summed E-state index contributed by atoms with van der Waals surface area (Å²) >= 11 is 7.14. The molecule has 0 aromatic heterocycles. The third-order valence-corrected chi connectivity index (χ3v) is 7.77. The van der Waals surface area contributed by atoms with Gasteiger partial charge in [-0.15, -0.1) is 11.8 Å². The number of ketones is 1. The highest BCUT2D eigenvalue weighted by atomic mass is 35.5. The van der Waals surface area contributed by atoms with Crippen LogP contribution in [0.1, 0.15) is 45.6 Å². The summed E-state index contributed by atoms with van der Waals surface area (Å²) in [5.41, 5.74) is 0.732. The number of carboxylic acids is 1. The van der Waals surface area contributed by atoms with Gasteiger partial charge in [0.1, 0.15) is 23.4 Å². The maximum atomic E-state index is 14.1. The van der Waals surface area contributed by atoms with Gasteiger partial charge in [0.05, 0.1) is 38.4 Å². The van der Waals surface area contributed by atoms with Crippen LogP contribution in [0.25, 0.3) is 0 Å². The molecule has 0 fully saturated rings. The monoisotopic (exact) mass is 656 g/mol. The highest BCUT2D eigenvalue weighted by molar-refractivity contribution is 8.00. The smallest absolute Gasteiger partial charge is 0.343 e. The quantitative estimate of drug-likeness (QED) is 0.199. The van der Waals surface area contributed by atoms with Gasteiger partial charge in [0.25, 0.3) is 0 Å². The normalized spacial score (nSPS) is 14.3. The summed E-state index contributed by atoms with van der Waals surface area (Å²) in [5.74, 6) is -3.88. The van der Waals surface area contributed by atoms with E-state index in [1.165, 1.54) is 13.2 Å². The minimum atomic E-state index is -1.37. The minimum Gasteiger partial charge on any atom is -0.494 e. The number of rotatable bonds is 18. The molecule has 1 unspecified atom stereocenters. The lowest BCUT2D eigenvalue weighted by molar-refractivity contribution is -0.143. The molecule has 0 heterocycles. The zero-order chi connectivity index (χ0) is 32.8. The third kappa shape index (κ3) is 11.8. The predicted octanol–water partition coefficient (Wildman–Crippen LogP) is 3.72. The van der Waals surface area contributed by atoms with Crippen LogP contribution in [0.5, 0.6) is 11.5 Å². The molecule has 14 heteroatoms. The van der Waals surface area contributed by atoms with Crippen molar-refractivity contribution in [2.24, 2.45) is 5.92 Å². The van der Waals surface area contributed by atoms with Crippen LogP contribution in [0.2, 0.25) is 0 Å². The summed E-state index contributed by atoms with van der Waals surface area (Å²) in [6, 6.07) is 2.24. The number of amides is 2. The molecule has 0 bridgehead atoms. The third-order valence-electron chi connectivity index (χ3n) is 6.41. The van der Waals surface area contributed by atoms with Crippen LogP contribution in [-0.2, 0) is 35.1 Å². The molecule has 2 amide bonds. The van der Waals surface area contributed by atoms with Crippen molar-refractivity contribution in [2.75, 3.05) is 31.8 Å². The van der Waals surface area contributed by atoms with E-state index < -0.39 is 54.0 Å². The number of benzene rings is 1. The first-order chi connectivity index (χ1) is 20.9. The Morgan fingerprint density at radius 2 is 1.86 bits per heavy atom. The summed E-state index contributed by atoms with van der Waals surface area (Å²) in [6.07, 6.45) is 1.53. The Balaban J connectivity index is 2.09. The summed E-state index contributed by atoms with van der Waals surface area (Å²) < 4.78 is 29.7. The molecule has 0 aliphatic heterocycles. The van der Waals surface area contributed by atoms with Gasteiger partial charge in [-0.05, 0) is 37.5 Å². The number of esters is 1. The van der Waals surface area contributed by atoms with Crippen LogP contribution in [0.3, 0.4) is 0 Å². The molecule has 242 valence electrons. The van der Waals surface area contributed by atoms with Crippen molar-refractivity contribution in [2.45, 2.75) is 58.5 Å². The van der Waals surface area contributed by atoms with Crippen molar-refractivity contribution in [3.63, 3.8) is 0 Å². The van der Waals surface area contributed by atoms with Gasteiger partial charge in [-0.3, -0.25) is 19.2 Å². The number of aliphatic carboxylic acids is 1. The van der Waals surface area contributed by atoms with Gasteiger partial charge in [0.15, 0.2) is 12.4 Å². The molecular weight excluding hydrogens is 619 g/mol. The number of thioether (sulfide) groups is 1. The van der Waals surface area contributed by atoms with Crippen LogP contribution >= 0.6 is 23.4 Å².